The van der Waals surface area contributed by atoms with Crippen molar-refractivity contribution in [2.24, 2.45) is 0 Å². The van der Waals surface area contributed by atoms with Crippen LogP contribution in [0.25, 0.3) is 0 Å². The minimum Gasteiger partial charge on any atom is -0.391 e. The predicted molar refractivity (Wildman–Crippen MR) is 65.5 cm³/mol. The standard InChI is InChI=1S/C11H22BrNO2/c1-10(2)7-13(6-9(14)5-12)8-11(3,4)15-10/h9,14H,5-8H2,1-4H3. The van der Waals surface area contributed by atoms with E-state index < -0.39 is 0 Å². The van der Waals surface area contributed by atoms with Crippen LogP contribution in [-0.4, -0.2) is 52.3 Å². The second-order valence-electron chi connectivity index (χ2n) is 5.60. The largest absolute Gasteiger partial charge is 0.391 e. The van der Waals surface area contributed by atoms with Crippen molar-refractivity contribution in [2.45, 2.75) is 45.0 Å². The van der Waals surface area contributed by atoms with Gasteiger partial charge in [0.1, 0.15) is 0 Å². The first-order chi connectivity index (χ1) is 6.74. The predicted octanol–water partition coefficient (Wildman–Crippen LogP) is 1.63. The third-order valence-electron chi connectivity index (χ3n) is 2.41. The van der Waals surface area contributed by atoms with Crippen LogP contribution in [0.2, 0.25) is 0 Å². The molecule has 1 N–H and O–H groups in total. The maximum atomic E-state index is 9.62. The van der Waals surface area contributed by atoms with E-state index in [0.29, 0.717) is 11.9 Å². The zero-order valence-electron chi connectivity index (χ0n) is 10.1. The van der Waals surface area contributed by atoms with Gasteiger partial charge in [-0.05, 0) is 27.7 Å². The van der Waals surface area contributed by atoms with Gasteiger partial charge in [0.2, 0.25) is 0 Å². The minimum absolute atomic E-state index is 0.131. The van der Waals surface area contributed by atoms with E-state index in [0.717, 1.165) is 13.1 Å². The lowest BCUT2D eigenvalue weighted by molar-refractivity contribution is -0.183. The van der Waals surface area contributed by atoms with Gasteiger partial charge in [-0.3, -0.25) is 4.90 Å². The summed E-state index contributed by atoms with van der Waals surface area (Å²) in [5, 5.41) is 10.3. The summed E-state index contributed by atoms with van der Waals surface area (Å²) in [5.41, 5.74) is -0.262. The number of aliphatic hydroxyl groups excluding tert-OH is 1. The summed E-state index contributed by atoms with van der Waals surface area (Å²) in [6, 6.07) is 0. The van der Waals surface area contributed by atoms with Crippen LogP contribution in [0.5, 0.6) is 0 Å². The Bertz CT molecular complexity index is 203. The average molecular weight is 280 g/mol. The molecule has 4 heteroatoms. The van der Waals surface area contributed by atoms with Crippen LogP contribution in [0.15, 0.2) is 0 Å². The maximum Gasteiger partial charge on any atom is 0.0763 e. The number of rotatable bonds is 3. The van der Waals surface area contributed by atoms with Crippen molar-refractivity contribution in [2.75, 3.05) is 25.0 Å². The highest BCUT2D eigenvalue weighted by Crippen LogP contribution is 2.27. The molecular weight excluding hydrogens is 258 g/mol. The van der Waals surface area contributed by atoms with Gasteiger partial charge in [0.15, 0.2) is 0 Å². The Morgan fingerprint density at radius 1 is 1.27 bits per heavy atom. The highest BCUT2D eigenvalue weighted by Gasteiger charge is 2.38. The smallest absolute Gasteiger partial charge is 0.0763 e. The number of aliphatic hydroxyl groups is 1. The number of morpholine rings is 1. The molecule has 0 radical (unpaired) electrons. The van der Waals surface area contributed by atoms with Crippen molar-refractivity contribution in [3.63, 3.8) is 0 Å². The Morgan fingerprint density at radius 3 is 2.13 bits per heavy atom. The van der Waals surface area contributed by atoms with E-state index >= 15 is 0 Å². The van der Waals surface area contributed by atoms with E-state index in [2.05, 4.69) is 48.5 Å². The fourth-order valence-corrected chi connectivity index (χ4v) is 2.63. The van der Waals surface area contributed by atoms with Gasteiger partial charge in [-0.25, -0.2) is 0 Å². The number of hydrogen-bond acceptors (Lipinski definition) is 3. The average Bonchev–Trinajstić information content (AvgIpc) is 1.97. The number of alkyl halides is 1. The summed E-state index contributed by atoms with van der Waals surface area (Å²) in [6.07, 6.45) is -0.297. The Morgan fingerprint density at radius 2 is 1.73 bits per heavy atom. The number of β-amino-alcohol motifs (C(OH)–C–C–N with tert-alkyl or cyclic N) is 1. The fraction of sp³-hybridized carbons (Fsp3) is 1.00. The van der Waals surface area contributed by atoms with Crippen LogP contribution in [0.1, 0.15) is 27.7 Å². The topological polar surface area (TPSA) is 32.7 Å². The highest BCUT2D eigenvalue weighted by molar-refractivity contribution is 9.09. The second kappa shape index (κ2) is 4.70. The van der Waals surface area contributed by atoms with Gasteiger partial charge in [0.05, 0.1) is 17.3 Å². The Labute approximate surface area is 101 Å². The molecule has 0 bridgehead atoms. The molecule has 1 heterocycles. The molecule has 0 aromatic heterocycles. The SMILES string of the molecule is CC1(C)CN(CC(O)CBr)CC(C)(C)O1. The molecule has 1 fully saturated rings. The molecule has 0 saturated carbocycles. The molecule has 0 amide bonds. The summed E-state index contributed by atoms with van der Waals surface area (Å²) in [7, 11) is 0. The quantitative estimate of drug-likeness (QED) is 0.798. The van der Waals surface area contributed by atoms with Gasteiger partial charge in [0.25, 0.3) is 0 Å². The molecule has 1 aliphatic heterocycles. The van der Waals surface area contributed by atoms with Crippen LogP contribution < -0.4 is 0 Å². The fourth-order valence-electron chi connectivity index (χ4n) is 2.42. The molecule has 0 aromatic carbocycles. The molecule has 1 rings (SSSR count). The van der Waals surface area contributed by atoms with E-state index in [1.807, 2.05) is 0 Å². The van der Waals surface area contributed by atoms with Crippen molar-refractivity contribution < 1.29 is 9.84 Å². The van der Waals surface area contributed by atoms with Crippen molar-refractivity contribution in [3.05, 3.63) is 0 Å². The summed E-state index contributed by atoms with van der Waals surface area (Å²) in [5.74, 6) is 0. The second-order valence-corrected chi connectivity index (χ2v) is 6.25. The molecular formula is C11H22BrNO2. The van der Waals surface area contributed by atoms with Crippen molar-refractivity contribution >= 4 is 15.9 Å². The van der Waals surface area contributed by atoms with E-state index in [1.54, 1.807) is 0 Å². The Hall–Kier alpha value is 0.360. The number of hydrogen-bond donors (Lipinski definition) is 1. The molecule has 1 saturated heterocycles. The Balaban J connectivity index is 2.59. The van der Waals surface area contributed by atoms with E-state index in [9.17, 15) is 5.11 Å². The molecule has 1 atom stereocenters. The van der Waals surface area contributed by atoms with Crippen LogP contribution in [0.3, 0.4) is 0 Å². The molecule has 0 aromatic rings. The number of halogens is 1. The molecule has 90 valence electrons. The van der Waals surface area contributed by atoms with Gasteiger partial charge in [0, 0.05) is 25.0 Å². The monoisotopic (exact) mass is 279 g/mol. The lowest BCUT2D eigenvalue weighted by Gasteiger charge is -2.47. The van der Waals surface area contributed by atoms with E-state index in [4.69, 9.17) is 4.74 Å². The lowest BCUT2D eigenvalue weighted by atomic mass is 9.99. The molecule has 0 spiro atoms. The van der Waals surface area contributed by atoms with Gasteiger partial charge in [-0.1, -0.05) is 15.9 Å². The summed E-state index contributed by atoms with van der Waals surface area (Å²) in [4.78, 5) is 2.27. The summed E-state index contributed by atoms with van der Waals surface area (Å²) in [6.45, 7) is 10.9. The third kappa shape index (κ3) is 4.39. The zero-order valence-corrected chi connectivity index (χ0v) is 11.7. The van der Waals surface area contributed by atoms with E-state index in [-0.39, 0.29) is 17.3 Å². The van der Waals surface area contributed by atoms with Crippen molar-refractivity contribution in [1.29, 1.82) is 0 Å². The maximum absolute atomic E-state index is 9.62. The Kier molecular flexibility index (Phi) is 4.20. The highest BCUT2D eigenvalue weighted by atomic mass is 79.9. The van der Waals surface area contributed by atoms with Crippen molar-refractivity contribution in [3.8, 4) is 0 Å². The zero-order chi connectivity index (χ0) is 11.7. The molecule has 15 heavy (non-hydrogen) atoms. The van der Waals surface area contributed by atoms with Gasteiger partial charge < -0.3 is 9.84 Å². The molecule has 1 aliphatic rings. The van der Waals surface area contributed by atoms with Gasteiger partial charge >= 0.3 is 0 Å². The van der Waals surface area contributed by atoms with Crippen LogP contribution in [0, 0.1) is 0 Å². The van der Waals surface area contributed by atoms with E-state index in [1.165, 1.54) is 0 Å². The first kappa shape index (κ1) is 13.4. The number of nitrogens with zero attached hydrogens (tertiary/aromatic N) is 1. The van der Waals surface area contributed by atoms with Crippen LogP contribution in [-0.2, 0) is 4.74 Å². The summed E-state index contributed by atoms with van der Waals surface area (Å²) < 4.78 is 5.97. The first-order valence-corrected chi connectivity index (χ1v) is 6.53. The van der Waals surface area contributed by atoms with Crippen LogP contribution >= 0.6 is 15.9 Å². The number of ether oxygens (including phenoxy) is 1. The first-order valence-electron chi connectivity index (χ1n) is 5.41. The van der Waals surface area contributed by atoms with Gasteiger partial charge in [-0.15, -0.1) is 0 Å². The molecule has 3 nitrogen and oxygen atoms in total. The molecule has 0 aliphatic carbocycles. The lowest BCUT2D eigenvalue weighted by Crippen LogP contribution is -2.58. The minimum atomic E-state index is -0.297. The van der Waals surface area contributed by atoms with Crippen molar-refractivity contribution in [1.82, 2.24) is 4.90 Å². The molecule has 1 unspecified atom stereocenters. The van der Waals surface area contributed by atoms with Crippen LogP contribution in [0.4, 0.5) is 0 Å². The normalized spacial score (nSPS) is 27.6. The summed E-state index contributed by atoms with van der Waals surface area (Å²) >= 11 is 3.29. The van der Waals surface area contributed by atoms with Gasteiger partial charge in [-0.2, -0.15) is 0 Å². The third-order valence-corrected chi connectivity index (χ3v) is 3.16.